The Kier molecular flexibility index (Phi) is 7.53. The number of nitrogens with zero attached hydrogens (tertiary/aromatic N) is 1. The molecule has 1 heterocycles. The van der Waals surface area contributed by atoms with Crippen LogP contribution in [0.2, 0.25) is 0 Å². The molecule has 9 rings (SSSR count). The van der Waals surface area contributed by atoms with E-state index in [0.717, 1.165) is 50.1 Å². The van der Waals surface area contributed by atoms with Crippen molar-refractivity contribution in [1.82, 2.24) is 0 Å². The Morgan fingerprint density at radius 3 is 1.20 bits per heavy atom. The van der Waals surface area contributed by atoms with Crippen molar-refractivity contribution in [2.75, 3.05) is 4.90 Å². The number of furan rings is 1. The molecular weight excluding hydrogens is 607 g/mol. The zero-order valence-electron chi connectivity index (χ0n) is 27.4. The molecule has 1 aromatic heterocycles. The van der Waals surface area contributed by atoms with Gasteiger partial charge in [-0.05, 0) is 75.3 Å². The summed E-state index contributed by atoms with van der Waals surface area (Å²) in [4.78, 5) is 2.35. The maximum Gasteiger partial charge on any atom is 0.137 e. The zero-order valence-corrected chi connectivity index (χ0v) is 27.4. The van der Waals surface area contributed by atoms with E-state index in [1.165, 1.54) is 33.4 Å². The van der Waals surface area contributed by atoms with Gasteiger partial charge in [-0.25, -0.2) is 0 Å². The summed E-state index contributed by atoms with van der Waals surface area (Å²) in [6, 6.07) is 71.1. The molecule has 0 spiro atoms. The summed E-state index contributed by atoms with van der Waals surface area (Å²) >= 11 is 0. The standard InChI is InChI=1S/C48H33NO/c1-4-12-34(13-5-1)36-20-22-37(23-21-36)39-26-30-42(31-27-39)49(41-28-24-38(25-29-41)35-14-6-2-7-15-35)46-33-48-45(43-18-10-11-19-47(43)50-48)32-44(46)40-16-8-3-9-17-40/h1-33H. The van der Waals surface area contributed by atoms with Crippen molar-refractivity contribution in [2.45, 2.75) is 0 Å². The van der Waals surface area contributed by atoms with Gasteiger partial charge in [0.2, 0.25) is 0 Å². The van der Waals surface area contributed by atoms with Crippen LogP contribution in [0.3, 0.4) is 0 Å². The highest BCUT2D eigenvalue weighted by atomic mass is 16.3. The van der Waals surface area contributed by atoms with Crippen molar-refractivity contribution in [2.24, 2.45) is 0 Å². The van der Waals surface area contributed by atoms with Crippen LogP contribution in [0.4, 0.5) is 17.1 Å². The van der Waals surface area contributed by atoms with E-state index in [2.05, 4.69) is 193 Å². The van der Waals surface area contributed by atoms with E-state index in [1.54, 1.807) is 0 Å². The van der Waals surface area contributed by atoms with Gasteiger partial charge in [0, 0.05) is 33.8 Å². The molecule has 236 valence electrons. The van der Waals surface area contributed by atoms with E-state index < -0.39 is 0 Å². The predicted octanol–water partition coefficient (Wildman–Crippen LogP) is 13.7. The van der Waals surface area contributed by atoms with Gasteiger partial charge in [0.15, 0.2) is 0 Å². The van der Waals surface area contributed by atoms with E-state index in [0.29, 0.717) is 0 Å². The summed E-state index contributed by atoms with van der Waals surface area (Å²) in [7, 11) is 0. The zero-order chi connectivity index (χ0) is 33.3. The van der Waals surface area contributed by atoms with E-state index in [-0.39, 0.29) is 0 Å². The molecule has 9 aromatic rings. The minimum absolute atomic E-state index is 0.863. The third-order valence-electron chi connectivity index (χ3n) is 9.50. The third-order valence-corrected chi connectivity index (χ3v) is 9.50. The van der Waals surface area contributed by atoms with Crippen LogP contribution in [0.15, 0.2) is 205 Å². The second kappa shape index (κ2) is 12.8. The predicted molar refractivity (Wildman–Crippen MR) is 210 cm³/mol. The van der Waals surface area contributed by atoms with Crippen LogP contribution in [-0.4, -0.2) is 0 Å². The minimum atomic E-state index is 0.863. The Morgan fingerprint density at radius 1 is 0.300 bits per heavy atom. The molecule has 0 amide bonds. The fourth-order valence-electron chi connectivity index (χ4n) is 6.94. The normalized spacial score (nSPS) is 11.2. The Labute approximate surface area is 292 Å². The number of benzene rings is 8. The molecule has 0 N–H and O–H groups in total. The van der Waals surface area contributed by atoms with Crippen molar-refractivity contribution in [3.8, 4) is 44.5 Å². The van der Waals surface area contributed by atoms with E-state index in [1.807, 2.05) is 12.1 Å². The van der Waals surface area contributed by atoms with Crippen LogP contribution in [0, 0.1) is 0 Å². The van der Waals surface area contributed by atoms with Gasteiger partial charge in [0.1, 0.15) is 11.2 Å². The second-order valence-electron chi connectivity index (χ2n) is 12.6. The molecule has 0 saturated heterocycles. The number of rotatable bonds is 7. The first-order valence-corrected chi connectivity index (χ1v) is 17.0. The SMILES string of the molecule is c1ccc(-c2ccc(-c3ccc(N(c4ccc(-c5ccccc5)cc4)c4cc5oc6ccccc6c5cc4-c4ccccc4)cc3)cc2)cc1. The van der Waals surface area contributed by atoms with E-state index >= 15 is 0 Å². The van der Waals surface area contributed by atoms with Crippen molar-refractivity contribution >= 4 is 39.0 Å². The Hall–Kier alpha value is -6.64. The van der Waals surface area contributed by atoms with Gasteiger partial charge >= 0.3 is 0 Å². The van der Waals surface area contributed by atoms with Crippen LogP contribution >= 0.6 is 0 Å². The minimum Gasteiger partial charge on any atom is -0.456 e. The summed E-state index contributed by atoms with van der Waals surface area (Å²) in [5.41, 5.74) is 14.4. The molecule has 0 aliphatic rings. The maximum atomic E-state index is 6.47. The number of anilines is 3. The molecule has 0 bridgehead atoms. The highest BCUT2D eigenvalue weighted by Gasteiger charge is 2.21. The lowest BCUT2D eigenvalue weighted by Crippen LogP contribution is -2.11. The summed E-state index contributed by atoms with van der Waals surface area (Å²) < 4.78 is 6.47. The fourth-order valence-corrected chi connectivity index (χ4v) is 6.94. The van der Waals surface area contributed by atoms with Crippen molar-refractivity contribution in [3.63, 3.8) is 0 Å². The molecule has 0 aliphatic carbocycles. The van der Waals surface area contributed by atoms with Gasteiger partial charge in [-0.2, -0.15) is 0 Å². The third kappa shape index (κ3) is 5.53. The van der Waals surface area contributed by atoms with E-state index in [9.17, 15) is 0 Å². The molecule has 0 atom stereocenters. The lowest BCUT2D eigenvalue weighted by molar-refractivity contribution is 0.669. The van der Waals surface area contributed by atoms with Gasteiger partial charge in [0.05, 0.1) is 5.69 Å². The topological polar surface area (TPSA) is 16.4 Å². The van der Waals surface area contributed by atoms with E-state index in [4.69, 9.17) is 4.42 Å². The smallest absolute Gasteiger partial charge is 0.137 e. The summed E-state index contributed by atoms with van der Waals surface area (Å²) in [6.45, 7) is 0. The first kappa shape index (κ1) is 29.5. The Bertz CT molecular complexity index is 2530. The highest BCUT2D eigenvalue weighted by molar-refractivity contribution is 6.09. The van der Waals surface area contributed by atoms with Crippen LogP contribution in [0.25, 0.3) is 66.4 Å². The molecule has 0 unspecified atom stereocenters. The van der Waals surface area contributed by atoms with Crippen LogP contribution in [-0.2, 0) is 0 Å². The number of hydrogen-bond donors (Lipinski definition) is 0. The highest BCUT2D eigenvalue weighted by Crippen LogP contribution is 2.45. The van der Waals surface area contributed by atoms with Gasteiger partial charge < -0.3 is 9.32 Å². The molecule has 0 radical (unpaired) electrons. The molecule has 0 saturated carbocycles. The fraction of sp³-hybridized carbons (Fsp3) is 0. The van der Waals surface area contributed by atoms with Crippen molar-refractivity contribution < 1.29 is 4.42 Å². The Balaban J connectivity index is 1.19. The molecule has 0 fully saturated rings. The maximum absolute atomic E-state index is 6.47. The molecule has 0 aliphatic heterocycles. The molecule has 2 heteroatoms. The molecule has 50 heavy (non-hydrogen) atoms. The number of para-hydroxylation sites is 1. The van der Waals surface area contributed by atoms with Gasteiger partial charge in [-0.15, -0.1) is 0 Å². The van der Waals surface area contributed by atoms with Gasteiger partial charge in [-0.3, -0.25) is 0 Å². The quantitative estimate of drug-likeness (QED) is 0.173. The van der Waals surface area contributed by atoms with Crippen LogP contribution in [0.5, 0.6) is 0 Å². The largest absolute Gasteiger partial charge is 0.456 e. The first-order valence-electron chi connectivity index (χ1n) is 17.0. The summed E-state index contributed by atoms with van der Waals surface area (Å²) in [5.74, 6) is 0. The first-order chi connectivity index (χ1) is 24.8. The monoisotopic (exact) mass is 639 g/mol. The van der Waals surface area contributed by atoms with Crippen molar-refractivity contribution in [3.05, 3.63) is 200 Å². The number of hydrogen-bond acceptors (Lipinski definition) is 2. The summed E-state index contributed by atoms with van der Waals surface area (Å²) in [5, 5.41) is 2.23. The summed E-state index contributed by atoms with van der Waals surface area (Å²) in [6.07, 6.45) is 0. The van der Waals surface area contributed by atoms with Crippen molar-refractivity contribution in [1.29, 1.82) is 0 Å². The average molecular weight is 640 g/mol. The van der Waals surface area contributed by atoms with Crippen LogP contribution in [0.1, 0.15) is 0 Å². The number of fused-ring (bicyclic) bond motifs is 3. The van der Waals surface area contributed by atoms with Gasteiger partial charge in [0.25, 0.3) is 0 Å². The molecule has 2 nitrogen and oxygen atoms in total. The van der Waals surface area contributed by atoms with Gasteiger partial charge in [-0.1, -0.05) is 158 Å². The lowest BCUT2D eigenvalue weighted by atomic mass is 9.98. The van der Waals surface area contributed by atoms with Crippen LogP contribution < -0.4 is 4.90 Å². The Morgan fingerprint density at radius 2 is 0.700 bits per heavy atom. The average Bonchev–Trinajstić information content (AvgIpc) is 3.57. The lowest BCUT2D eigenvalue weighted by Gasteiger charge is -2.28. The molecule has 8 aromatic carbocycles. The second-order valence-corrected chi connectivity index (χ2v) is 12.6. The molecular formula is C48H33NO.